The number of piperidine rings is 1. The van der Waals surface area contributed by atoms with Crippen LogP contribution in [0.4, 0.5) is 0 Å². The third-order valence-electron chi connectivity index (χ3n) is 10.8. The quantitative estimate of drug-likeness (QED) is 0.594. The van der Waals surface area contributed by atoms with Crippen molar-refractivity contribution in [3.05, 3.63) is 47.3 Å². The third kappa shape index (κ3) is 3.26. The number of amides is 2. The lowest BCUT2D eigenvalue weighted by Crippen LogP contribution is -2.55. The van der Waals surface area contributed by atoms with E-state index < -0.39 is 0 Å². The second-order valence-electron chi connectivity index (χ2n) is 12.3. The molecule has 2 heterocycles. The molecule has 5 heteroatoms. The van der Waals surface area contributed by atoms with Gasteiger partial charge in [0.25, 0.3) is 0 Å². The molecular weight excluding hydrogens is 434 g/mol. The number of aromatic nitrogens is 1. The molecule has 2 aromatic rings. The number of allylic oxidation sites excluding steroid dienone is 2. The lowest BCUT2D eigenvalue weighted by atomic mass is 9.48. The molecule has 186 valence electrons. The van der Waals surface area contributed by atoms with Crippen molar-refractivity contribution in [3.63, 3.8) is 0 Å². The number of nitrogens with zero attached hydrogens (tertiary/aromatic N) is 1. The van der Waals surface area contributed by atoms with Crippen LogP contribution in [0.25, 0.3) is 10.9 Å². The topological polar surface area (TPSA) is 65.2 Å². The van der Waals surface area contributed by atoms with Crippen molar-refractivity contribution in [2.24, 2.45) is 34.5 Å². The number of carbonyl (C=O) groups is 2. The monoisotopic (exact) mass is 473 g/mol. The summed E-state index contributed by atoms with van der Waals surface area (Å²) in [6.07, 6.45) is 9.10. The van der Waals surface area contributed by atoms with Crippen molar-refractivity contribution in [1.29, 1.82) is 0 Å². The number of rotatable bonds is 3. The number of fused-ring (bicyclic) bond motifs is 6. The summed E-state index contributed by atoms with van der Waals surface area (Å²) in [5.74, 6) is 2.41. The van der Waals surface area contributed by atoms with Crippen LogP contribution in [0.3, 0.4) is 0 Å². The van der Waals surface area contributed by atoms with Crippen molar-refractivity contribution in [1.82, 2.24) is 15.2 Å². The first-order valence-electron chi connectivity index (χ1n) is 13.5. The average Bonchev–Trinajstić information content (AvgIpc) is 3.45. The van der Waals surface area contributed by atoms with Gasteiger partial charge >= 0.3 is 0 Å². The SMILES string of the molecule is CC1=C2N(C)C(=O)CC[C@]2(C)[C@H]2CC[C@]3(C)[C@@H](C(=O)NCc4cccc5[nH]ccc45)CC[C@H]3[C@@H]2C1. The number of hydrogen-bond donors (Lipinski definition) is 2. The average molecular weight is 474 g/mol. The molecule has 0 radical (unpaired) electrons. The first-order valence-corrected chi connectivity index (χ1v) is 13.5. The zero-order valence-corrected chi connectivity index (χ0v) is 21.6. The Bertz CT molecular complexity index is 1230. The minimum Gasteiger partial charge on any atom is -0.361 e. The van der Waals surface area contributed by atoms with E-state index >= 15 is 0 Å². The highest BCUT2D eigenvalue weighted by Gasteiger charge is 2.61. The maximum atomic E-state index is 13.6. The summed E-state index contributed by atoms with van der Waals surface area (Å²) in [4.78, 5) is 31.3. The van der Waals surface area contributed by atoms with Crippen LogP contribution >= 0.6 is 0 Å². The Hall–Kier alpha value is -2.56. The maximum Gasteiger partial charge on any atom is 0.226 e. The van der Waals surface area contributed by atoms with Crippen molar-refractivity contribution in [2.75, 3.05) is 7.05 Å². The molecule has 3 fully saturated rings. The summed E-state index contributed by atoms with van der Waals surface area (Å²) in [6, 6.07) is 8.34. The van der Waals surface area contributed by atoms with E-state index in [0.29, 0.717) is 30.7 Å². The molecule has 1 aromatic heterocycles. The van der Waals surface area contributed by atoms with Crippen LogP contribution in [0, 0.1) is 34.5 Å². The molecule has 1 aromatic carbocycles. The summed E-state index contributed by atoms with van der Waals surface area (Å²) in [6.45, 7) is 7.67. The number of carbonyl (C=O) groups excluding carboxylic acids is 2. The van der Waals surface area contributed by atoms with Gasteiger partial charge in [0, 0.05) is 54.1 Å². The van der Waals surface area contributed by atoms with Gasteiger partial charge in [-0.1, -0.05) is 31.6 Å². The first-order chi connectivity index (χ1) is 16.7. The lowest BCUT2D eigenvalue weighted by Gasteiger charge is -2.59. The molecule has 0 unspecified atom stereocenters. The summed E-state index contributed by atoms with van der Waals surface area (Å²) < 4.78 is 0. The molecule has 6 rings (SSSR count). The van der Waals surface area contributed by atoms with Gasteiger partial charge in [0.1, 0.15) is 0 Å². The van der Waals surface area contributed by atoms with E-state index in [1.165, 1.54) is 28.6 Å². The molecule has 0 spiro atoms. The highest BCUT2D eigenvalue weighted by atomic mass is 16.2. The van der Waals surface area contributed by atoms with Crippen LogP contribution in [0.2, 0.25) is 0 Å². The Balaban J connectivity index is 1.22. The number of nitrogens with one attached hydrogen (secondary N) is 2. The number of H-pyrrole nitrogens is 1. The minimum absolute atomic E-state index is 0.0654. The fourth-order valence-electron chi connectivity index (χ4n) is 9.15. The molecule has 1 aliphatic heterocycles. The largest absolute Gasteiger partial charge is 0.361 e. The van der Waals surface area contributed by atoms with Gasteiger partial charge in [0.15, 0.2) is 0 Å². The van der Waals surface area contributed by atoms with Gasteiger partial charge in [0.2, 0.25) is 11.8 Å². The molecule has 2 amide bonds. The smallest absolute Gasteiger partial charge is 0.226 e. The van der Waals surface area contributed by atoms with Crippen molar-refractivity contribution < 1.29 is 9.59 Å². The highest BCUT2D eigenvalue weighted by Crippen LogP contribution is 2.66. The van der Waals surface area contributed by atoms with Gasteiger partial charge in [-0.15, -0.1) is 0 Å². The van der Waals surface area contributed by atoms with E-state index in [-0.39, 0.29) is 28.6 Å². The Morgan fingerprint density at radius 3 is 2.80 bits per heavy atom. The molecule has 2 saturated carbocycles. The van der Waals surface area contributed by atoms with Gasteiger partial charge in [-0.3, -0.25) is 9.59 Å². The van der Waals surface area contributed by atoms with E-state index in [1.54, 1.807) is 0 Å². The summed E-state index contributed by atoms with van der Waals surface area (Å²) in [5.41, 5.74) is 5.16. The molecular formula is C30H39N3O2. The van der Waals surface area contributed by atoms with Crippen LogP contribution in [0.5, 0.6) is 0 Å². The highest BCUT2D eigenvalue weighted by molar-refractivity contribution is 5.84. The van der Waals surface area contributed by atoms with Gasteiger partial charge in [-0.05, 0) is 86.3 Å². The number of aromatic amines is 1. The summed E-state index contributed by atoms with van der Waals surface area (Å²) in [7, 11) is 1.98. The second-order valence-corrected chi connectivity index (χ2v) is 12.3. The molecule has 5 nitrogen and oxygen atoms in total. The molecule has 0 bridgehead atoms. The van der Waals surface area contributed by atoms with Crippen LogP contribution < -0.4 is 5.32 Å². The maximum absolute atomic E-state index is 13.6. The van der Waals surface area contributed by atoms with Crippen LogP contribution in [0.1, 0.15) is 71.3 Å². The fraction of sp³-hybridized carbons (Fsp3) is 0.600. The van der Waals surface area contributed by atoms with Crippen LogP contribution in [-0.4, -0.2) is 28.7 Å². The Morgan fingerprint density at radius 2 is 1.97 bits per heavy atom. The van der Waals surface area contributed by atoms with E-state index in [0.717, 1.165) is 37.6 Å². The number of benzene rings is 1. The number of likely N-dealkylation sites (tertiary alicyclic amines) is 1. The van der Waals surface area contributed by atoms with Gasteiger partial charge < -0.3 is 15.2 Å². The van der Waals surface area contributed by atoms with E-state index in [2.05, 4.69) is 55.3 Å². The van der Waals surface area contributed by atoms with E-state index in [9.17, 15) is 9.59 Å². The molecule has 1 saturated heterocycles. The normalized spacial score (nSPS) is 36.7. The van der Waals surface area contributed by atoms with Gasteiger partial charge in [0.05, 0.1) is 0 Å². The predicted octanol–water partition coefficient (Wildman–Crippen LogP) is 5.78. The number of hydrogen-bond acceptors (Lipinski definition) is 2. The summed E-state index contributed by atoms with van der Waals surface area (Å²) in [5, 5.41) is 4.51. The Morgan fingerprint density at radius 1 is 1.14 bits per heavy atom. The first kappa shape index (κ1) is 22.9. The zero-order valence-electron chi connectivity index (χ0n) is 21.6. The lowest BCUT2D eigenvalue weighted by molar-refractivity contribution is -0.138. The Kier molecular flexibility index (Phi) is 5.21. The van der Waals surface area contributed by atoms with Gasteiger partial charge in [-0.25, -0.2) is 0 Å². The summed E-state index contributed by atoms with van der Waals surface area (Å²) >= 11 is 0. The van der Waals surface area contributed by atoms with E-state index in [1.807, 2.05) is 18.1 Å². The molecule has 3 aliphatic carbocycles. The van der Waals surface area contributed by atoms with Crippen molar-refractivity contribution in [3.8, 4) is 0 Å². The molecule has 6 atom stereocenters. The van der Waals surface area contributed by atoms with Crippen LogP contribution in [-0.2, 0) is 16.1 Å². The molecule has 35 heavy (non-hydrogen) atoms. The fourth-order valence-corrected chi connectivity index (χ4v) is 9.15. The van der Waals surface area contributed by atoms with E-state index in [4.69, 9.17) is 0 Å². The van der Waals surface area contributed by atoms with Crippen molar-refractivity contribution >= 4 is 22.7 Å². The standard InChI is InChI=1S/C30H39N3O2/c1-18-16-21-22-8-9-24(28(35)32-17-19-6-5-7-25-20(19)12-15-31-25)29(22,2)13-10-23(21)30(3)14-11-26(34)33(4)27(18)30/h5-7,12,15,21-24,31H,8-11,13-14,16-17H2,1-4H3,(H,32,35)/t21-,22-,23-,24+,29-,30+/m0/s1. The predicted molar refractivity (Wildman–Crippen MR) is 138 cm³/mol. The molecule has 4 aliphatic rings. The van der Waals surface area contributed by atoms with Gasteiger partial charge in [-0.2, -0.15) is 0 Å². The third-order valence-corrected chi connectivity index (χ3v) is 10.8. The van der Waals surface area contributed by atoms with Crippen LogP contribution in [0.15, 0.2) is 41.7 Å². The minimum atomic E-state index is 0.0654. The second kappa shape index (κ2) is 7.97. The zero-order chi connectivity index (χ0) is 24.5. The van der Waals surface area contributed by atoms with Crippen molar-refractivity contribution in [2.45, 2.75) is 72.3 Å². The Labute approximate surface area is 208 Å². The molecule has 2 N–H and O–H groups in total.